The van der Waals surface area contributed by atoms with Crippen LogP contribution in [0.3, 0.4) is 0 Å². The van der Waals surface area contributed by atoms with E-state index >= 15 is 0 Å². The molecule has 1 aromatic carbocycles. The first-order valence-electron chi connectivity index (χ1n) is 9.03. The number of rotatable bonds is 7. The third-order valence-electron chi connectivity index (χ3n) is 4.55. The van der Waals surface area contributed by atoms with Gasteiger partial charge in [-0.25, -0.2) is 0 Å². The molecule has 1 heterocycles. The van der Waals surface area contributed by atoms with E-state index in [1.165, 1.54) is 7.11 Å². The number of ether oxygens (including phenoxy) is 1. The van der Waals surface area contributed by atoms with Crippen LogP contribution in [0.25, 0.3) is 6.08 Å². The molecule has 0 atom stereocenters. The van der Waals surface area contributed by atoms with Gasteiger partial charge < -0.3 is 9.15 Å². The molecule has 6 nitrogen and oxygen atoms in total. The highest BCUT2D eigenvalue weighted by Gasteiger charge is 2.13. The van der Waals surface area contributed by atoms with Gasteiger partial charge in [0.05, 0.1) is 18.4 Å². The molecule has 0 saturated carbocycles. The van der Waals surface area contributed by atoms with Gasteiger partial charge in [-0.3, -0.25) is 15.2 Å². The summed E-state index contributed by atoms with van der Waals surface area (Å²) >= 11 is 0. The van der Waals surface area contributed by atoms with E-state index in [1.54, 1.807) is 38.1 Å². The molecule has 2 N–H and O–H groups in total. The summed E-state index contributed by atoms with van der Waals surface area (Å²) in [6.45, 7) is 7.52. The first kappa shape index (κ1) is 21.5. The Bertz CT molecular complexity index is 937. The van der Waals surface area contributed by atoms with Gasteiger partial charge >= 0.3 is 0 Å². The summed E-state index contributed by atoms with van der Waals surface area (Å²) in [6.07, 6.45) is 5.46. The molecule has 0 radical (unpaired) electrons. The molecule has 0 aliphatic rings. The predicted octanol–water partition coefficient (Wildman–Crippen LogP) is 4.83. The fraction of sp³-hybridized carbons (Fsp3) is 0.318. The van der Waals surface area contributed by atoms with Gasteiger partial charge in [0.2, 0.25) is 0 Å². The number of anilines is 1. The van der Waals surface area contributed by atoms with Gasteiger partial charge in [0.1, 0.15) is 5.76 Å². The second-order valence-corrected chi connectivity index (χ2v) is 6.86. The van der Waals surface area contributed by atoms with Gasteiger partial charge in [0, 0.05) is 12.0 Å². The van der Waals surface area contributed by atoms with Gasteiger partial charge in [0.15, 0.2) is 5.43 Å². The maximum absolute atomic E-state index is 12.3. The predicted molar refractivity (Wildman–Crippen MR) is 109 cm³/mol. The van der Waals surface area contributed by atoms with Crippen LogP contribution in [-0.4, -0.2) is 17.5 Å². The quantitative estimate of drug-likeness (QED) is 0.524. The molecule has 0 amide bonds. The summed E-state index contributed by atoms with van der Waals surface area (Å²) in [7, 11) is 1.49. The molecule has 0 spiro atoms. The number of hydrogen-bond acceptors (Lipinski definition) is 6. The summed E-state index contributed by atoms with van der Waals surface area (Å²) < 4.78 is 10.9. The summed E-state index contributed by atoms with van der Waals surface area (Å²) in [5, 5.41) is 18.1. The Labute approximate surface area is 164 Å². The molecule has 28 heavy (non-hydrogen) atoms. The van der Waals surface area contributed by atoms with Gasteiger partial charge in [-0.15, -0.1) is 5.23 Å². The number of benzene rings is 1. The number of nitrogens with zero attached hydrogens (tertiary/aromatic N) is 1. The topological polar surface area (TPSA) is 83.1 Å². The maximum Gasteiger partial charge on any atom is 0.291 e. The first-order valence-corrected chi connectivity index (χ1v) is 9.03. The van der Waals surface area contributed by atoms with Crippen molar-refractivity contribution >= 4 is 11.8 Å². The number of hydrogen-bond donors (Lipinski definition) is 2. The average Bonchev–Trinajstić information content (AvgIpc) is 2.66. The van der Waals surface area contributed by atoms with Crippen LogP contribution in [0.1, 0.15) is 42.7 Å². The maximum atomic E-state index is 12.3. The van der Waals surface area contributed by atoms with E-state index in [4.69, 9.17) is 19.6 Å². The molecular formula is C22H27NO5. The lowest BCUT2D eigenvalue weighted by Gasteiger charge is -2.10. The molecule has 0 saturated heterocycles. The zero-order valence-electron chi connectivity index (χ0n) is 16.9. The molecule has 1 aromatic heterocycles. The van der Waals surface area contributed by atoms with Gasteiger partial charge in [-0.2, -0.15) is 0 Å². The lowest BCUT2D eigenvalue weighted by Crippen LogP contribution is -2.13. The van der Waals surface area contributed by atoms with E-state index in [0.717, 1.165) is 23.1 Å². The summed E-state index contributed by atoms with van der Waals surface area (Å²) in [6, 6.07) is 6.84. The monoisotopic (exact) mass is 385 g/mol. The van der Waals surface area contributed by atoms with Gasteiger partial charge in [-0.05, 0) is 51.8 Å². The minimum Gasteiger partial charge on any atom is -0.468 e. The normalized spacial score (nSPS) is 12.2. The van der Waals surface area contributed by atoms with Crippen LogP contribution in [0, 0.1) is 13.8 Å². The van der Waals surface area contributed by atoms with Crippen molar-refractivity contribution in [1.82, 2.24) is 0 Å². The third kappa shape index (κ3) is 5.34. The second kappa shape index (κ2) is 9.39. The highest BCUT2D eigenvalue weighted by molar-refractivity contribution is 5.58. The van der Waals surface area contributed by atoms with Crippen molar-refractivity contribution in [3.63, 3.8) is 0 Å². The van der Waals surface area contributed by atoms with E-state index in [9.17, 15) is 4.79 Å². The fourth-order valence-corrected chi connectivity index (χ4v) is 2.98. The van der Waals surface area contributed by atoms with Crippen LogP contribution in [0.4, 0.5) is 5.69 Å². The summed E-state index contributed by atoms with van der Waals surface area (Å²) in [5.41, 5.74) is 4.55. The molecule has 0 aliphatic heterocycles. The van der Waals surface area contributed by atoms with Crippen LogP contribution < -0.4 is 15.4 Å². The highest BCUT2D eigenvalue weighted by atomic mass is 16.8. The fourth-order valence-electron chi connectivity index (χ4n) is 2.98. The average molecular weight is 385 g/mol. The minimum absolute atomic E-state index is 0.0384. The van der Waals surface area contributed by atoms with Crippen LogP contribution >= 0.6 is 0 Å². The van der Waals surface area contributed by atoms with Crippen molar-refractivity contribution in [1.29, 1.82) is 0 Å². The standard InChI is InChI=1S/C22H27NO5/c1-14(6-11-20-16(3)21(24)17(4)22(27-5)28-20)12-15(2)13-18-7-9-19(10-8-18)23(25)26/h7-10,12-13,25-26H,6,11H2,1-5H3. The SMILES string of the molecule is COc1oc(CCC(C)=CC(C)=Cc2ccc(N(O)O)cc2)c(C)c(=O)c1C. The largest absolute Gasteiger partial charge is 0.468 e. The van der Waals surface area contributed by atoms with Gasteiger partial charge in [0.25, 0.3) is 5.95 Å². The van der Waals surface area contributed by atoms with E-state index in [0.29, 0.717) is 29.0 Å². The molecule has 150 valence electrons. The van der Waals surface area contributed by atoms with Crippen LogP contribution in [0.15, 0.2) is 50.7 Å². The van der Waals surface area contributed by atoms with Crippen molar-refractivity contribution in [2.24, 2.45) is 0 Å². The Morgan fingerprint density at radius 2 is 1.79 bits per heavy atom. The van der Waals surface area contributed by atoms with Crippen LogP contribution in [0.5, 0.6) is 5.95 Å². The highest BCUT2D eigenvalue weighted by Crippen LogP contribution is 2.21. The molecule has 2 rings (SSSR count). The second-order valence-electron chi connectivity index (χ2n) is 6.86. The zero-order valence-corrected chi connectivity index (χ0v) is 16.9. The summed E-state index contributed by atoms with van der Waals surface area (Å²) in [4.78, 5) is 12.3. The smallest absolute Gasteiger partial charge is 0.291 e. The van der Waals surface area contributed by atoms with E-state index < -0.39 is 0 Å². The molecule has 0 unspecified atom stereocenters. The van der Waals surface area contributed by atoms with Crippen LogP contribution in [0.2, 0.25) is 0 Å². The van der Waals surface area contributed by atoms with Crippen molar-refractivity contribution in [2.75, 3.05) is 12.3 Å². The summed E-state index contributed by atoms with van der Waals surface area (Å²) in [5.74, 6) is 0.922. The Morgan fingerprint density at radius 3 is 2.36 bits per heavy atom. The first-order chi connectivity index (χ1) is 13.2. The zero-order chi connectivity index (χ0) is 20.8. The van der Waals surface area contributed by atoms with Crippen molar-refractivity contribution < 1.29 is 19.6 Å². The Morgan fingerprint density at radius 1 is 1.14 bits per heavy atom. The van der Waals surface area contributed by atoms with E-state index in [1.807, 2.05) is 19.9 Å². The Kier molecular flexibility index (Phi) is 7.20. The molecule has 6 heteroatoms. The molecular weight excluding hydrogens is 358 g/mol. The number of methoxy groups -OCH3 is 1. The minimum atomic E-state index is -0.0384. The van der Waals surface area contributed by atoms with Crippen LogP contribution in [-0.2, 0) is 6.42 Å². The lowest BCUT2D eigenvalue weighted by molar-refractivity contribution is 0.0291. The number of aryl methyl sites for hydroxylation is 1. The molecule has 0 fully saturated rings. The van der Waals surface area contributed by atoms with Crippen molar-refractivity contribution in [3.8, 4) is 5.95 Å². The lowest BCUT2D eigenvalue weighted by atomic mass is 10.0. The third-order valence-corrected chi connectivity index (χ3v) is 4.55. The number of allylic oxidation sites excluding steroid dienone is 3. The van der Waals surface area contributed by atoms with E-state index in [-0.39, 0.29) is 16.6 Å². The Balaban J connectivity index is 2.10. The Hall–Kier alpha value is -2.83. The van der Waals surface area contributed by atoms with E-state index in [2.05, 4.69) is 6.08 Å². The molecule has 0 bridgehead atoms. The molecule has 2 aromatic rings. The molecule has 0 aliphatic carbocycles. The van der Waals surface area contributed by atoms with Gasteiger partial charge in [-0.1, -0.05) is 35.4 Å². The van der Waals surface area contributed by atoms with Crippen molar-refractivity contribution in [3.05, 3.63) is 74.2 Å². The van der Waals surface area contributed by atoms with Crippen molar-refractivity contribution in [2.45, 2.75) is 40.5 Å².